The van der Waals surface area contributed by atoms with Crippen LogP contribution in [0.5, 0.6) is 0 Å². The molecule has 0 aliphatic rings. The van der Waals surface area contributed by atoms with Crippen LogP contribution in [-0.2, 0) is 12.2 Å². The topological polar surface area (TPSA) is 55.1 Å². The predicted molar refractivity (Wildman–Crippen MR) is 49.0 cm³/mol. The molecular weight excluding hydrogens is 187 g/mol. The standard InChI is InChI=1S/C9H13FN2O2/c1-9(2,3)12-7(4-10)6(5-11-12)8(13)14/h5H,4H2,1-3H3,(H,13,14). The Labute approximate surface area is 81.3 Å². The molecule has 4 nitrogen and oxygen atoms in total. The molecule has 0 aliphatic carbocycles. The van der Waals surface area contributed by atoms with Gasteiger partial charge in [0.2, 0.25) is 0 Å². The fourth-order valence-corrected chi connectivity index (χ4v) is 1.26. The number of carbonyl (C=O) groups is 1. The SMILES string of the molecule is CC(C)(C)n1ncc(C(=O)O)c1CF. The van der Waals surface area contributed by atoms with Crippen molar-refractivity contribution in [2.45, 2.75) is 33.0 Å². The van der Waals surface area contributed by atoms with E-state index in [1.807, 2.05) is 20.8 Å². The van der Waals surface area contributed by atoms with Gasteiger partial charge in [-0.25, -0.2) is 9.18 Å². The quantitative estimate of drug-likeness (QED) is 0.792. The van der Waals surface area contributed by atoms with Gasteiger partial charge in [0, 0.05) is 0 Å². The van der Waals surface area contributed by atoms with E-state index in [0.717, 1.165) is 0 Å². The second kappa shape index (κ2) is 3.40. The van der Waals surface area contributed by atoms with Gasteiger partial charge in [-0.05, 0) is 20.8 Å². The van der Waals surface area contributed by atoms with E-state index in [4.69, 9.17) is 5.11 Å². The van der Waals surface area contributed by atoms with Crippen LogP contribution in [0.25, 0.3) is 0 Å². The van der Waals surface area contributed by atoms with Crippen molar-refractivity contribution in [2.75, 3.05) is 0 Å². The average Bonchev–Trinajstić information content (AvgIpc) is 2.45. The van der Waals surface area contributed by atoms with E-state index in [1.165, 1.54) is 10.9 Å². The number of nitrogens with zero attached hydrogens (tertiary/aromatic N) is 2. The van der Waals surface area contributed by atoms with E-state index in [2.05, 4.69) is 5.10 Å². The molecule has 1 rings (SSSR count). The number of carboxylic acid groups (broad SMARTS) is 1. The van der Waals surface area contributed by atoms with Crippen molar-refractivity contribution >= 4 is 5.97 Å². The van der Waals surface area contributed by atoms with Crippen LogP contribution in [0.1, 0.15) is 36.8 Å². The zero-order valence-corrected chi connectivity index (χ0v) is 8.41. The van der Waals surface area contributed by atoms with Gasteiger partial charge >= 0.3 is 5.97 Å². The lowest BCUT2D eigenvalue weighted by Gasteiger charge is -2.21. The van der Waals surface area contributed by atoms with Crippen LogP contribution in [0, 0.1) is 0 Å². The van der Waals surface area contributed by atoms with Crippen molar-refractivity contribution in [3.8, 4) is 0 Å². The van der Waals surface area contributed by atoms with Gasteiger partial charge in [-0.1, -0.05) is 0 Å². The molecular formula is C9H13FN2O2. The van der Waals surface area contributed by atoms with Crippen molar-refractivity contribution in [3.63, 3.8) is 0 Å². The number of aromatic nitrogens is 2. The number of carboxylic acids is 1. The van der Waals surface area contributed by atoms with Gasteiger partial charge in [0.25, 0.3) is 0 Å². The van der Waals surface area contributed by atoms with E-state index in [9.17, 15) is 9.18 Å². The van der Waals surface area contributed by atoms with E-state index in [1.54, 1.807) is 0 Å². The number of aromatic carboxylic acids is 1. The molecule has 0 atom stereocenters. The third-order valence-electron chi connectivity index (χ3n) is 1.86. The number of alkyl halides is 1. The number of rotatable bonds is 2. The van der Waals surface area contributed by atoms with Crippen molar-refractivity contribution in [1.29, 1.82) is 0 Å². The summed E-state index contributed by atoms with van der Waals surface area (Å²) in [6.45, 7) is 4.69. The zero-order chi connectivity index (χ0) is 10.9. The van der Waals surface area contributed by atoms with Crippen LogP contribution in [0.15, 0.2) is 6.20 Å². The third kappa shape index (κ3) is 1.76. The Morgan fingerprint density at radius 2 is 2.21 bits per heavy atom. The summed E-state index contributed by atoms with van der Waals surface area (Å²) in [7, 11) is 0. The van der Waals surface area contributed by atoms with E-state index in [0.29, 0.717) is 0 Å². The molecule has 0 unspecified atom stereocenters. The maximum Gasteiger partial charge on any atom is 0.339 e. The molecule has 0 aliphatic heterocycles. The minimum absolute atomic E-state index is 0.0672. The molecule has 0 spiro atoms. The summed E-state index contributed by atoms with van der Waals surface area (Å²) in [4.78, 5) is 10.7. The maximum absolute atomic E-state index is 12.6. The second-order valence-corrected chi connectivity index (χ2v) is 4.03. The van der Waals surface area contributed by atoms with Crippen LogP contribution in [0.4, 0.5) is 4.39 Å². The minimum atomic E-state index is -1.15. The lowest BCUT2D eigenvalue weighted by Crippen LogP contribution is -2.25. The monoisotopic (exact) mass is 200 g/mol. The van der Waals surface area contributed by atoms with Crippen LogP contribution < -0.4 is 0 Å². The minimum Gasteiger partial charge on any atom is -0.478 e. The highest BCUT2D eigenvalue weighted by Gasteiger charge is 2.23. The van der Waals surface area contributed by atoms with Crippen molar-refractivity contribution < 1.29 is 14.3 Å². The largest absolute Gasteiger partial charge is 0.478 e. The molecule has 1 heterocycles. The molecule has 0 fully saturated rings. The molecule has 1 N–H and O–H groups in total. The first kappa shape index (κ1) is 10.7. The maximum atomic E-state index is 12.6. The molecule has 5 heteroatoms. The van der Waals surface area contributed by atoms with Gasteiger partial charge in [0.15, 0.2) is 0 Å². The van der Waals surface area contributed by atoms with Crippen molar-refractivity contribution in [1.82, 2.24) is 9.78 Å². The van der Waals surface area contributed by atoms with Gasteiger partial charge < -0.3 is 5.11 Å². The smallest absolute Gasteiger partial charge is 0.339 e. The van der Waals surface area contributed by atoms with Crippen LogP contribution in [0.2, 0.25) is 0 Å². The first-order chi connectivity index (χ1) is 6.38. The van der Waals surface area contributed by atoms with Crippen LogP contribution in [-0.4, -0.2) is 20.9 Å². The van der Waals surface area contributed by atoms with E-state index < -0.39 is 18.2 Å². The van der Waals surface area contributed by atoms with Crippen LogP contribution >= 0.6 is 0 Å². The lowest BCUT2D eigenvalue weighted by molar-refractivity contribution is 0.0694. The summed E-state index contributed by atoms with van der Waals surface area (Å²) in [5, 5.41) is 12.6. The van der Waals surface area contributed by atoms with Gasteiger partial charge in [-0.3, -0.25) is 4.68 Å². The Morgan fingerprint density at radius 1 is 1.64 bits per heavy atom. The van der Waals surface area contributed by atoms with Gasteiger partial charge in [0.1, 0.15) is 12.2 Å². The summed E-state index contributed by atoms with van der Waals surface area (Å²) >= 11 is 0. The molecule has 0 saturated heterocycles. The van der Waals surface area contributed by atoms with Crippen molar-refractivity contribution in [2.24, 2.45) is 0 Å². The first-order valence-corrected chi connectivity index (χ1v) is 4.24. The Hall–Kier alpha value is -1.39. The number of hydrogen-bond acceptors (Lipinski definition) is 2. The summed E-state index contributed by atoms with van der Waals surface area (Å²) in [6, 6.07) is 0. The summed E-state index contributed by atoms with van der Waals surface area (Å²) in [6.07, 6.45) is 1.18. The van der Waals surface area contributed by atoms with Crippen molar-refractivity contribution in [3.05, 3.63) is 17.5 Å². The average molecular weight is 200 g/mol. The highest BCUT2D eigenvalue weighted by Crippen LogP contribution is 2.19. The summed E-state index contributed by atoms with van der Waals surface area (Å²) in [5.41, 5.74) is -0.359. The number of halogens is 1. The zero-order valence-electron chi connectivity index (χ0n) is 8.41. The van der Waals surface area contributed by atoms with Gasteiger partial charge in [-0.15, -0.1) is 0 Å². The molecule has 0 amide bonds. The fourth-order valence-electron chi connectivity index (χ4n) is 1.26. The summed E-state index contributed by atoms with van der Waals surface area (Å²) in [5.74, 6) is -1.15. The molecule has 0 saturated carbocycles. The highest BCUT2D eigenvalue weighted by atomic mass is 19.1. The van der Waals surface area contributed by atoms with Crippen LogP contribution in [0.3, 0.4) is 0 Å². The number of hydrogen-bond donors (Lipinski definition) is 1. The van der Waals surface area contributed by atoms with Gasteiger partial charge in [0.05, 0.1) is 17.4 Å². The Bertz CT molecular complexity index is 352. The van der Waals surface area contributed by atoms with E-state index in [-0.39, 0.29) is 11.3 Å². The first-order valence-electron chi connectivity index (χ1n) is 4.24. The molecule has 0 aromatic carbocycles. The summed E-state index contributed by atoms with van der Waals surface area (Å²) < 4.78 is 14.0. The predicted octanol–water partition coefficient (Wildman–Crippen LogP) is 1.81. The van der Waals surface area contributed by atoms with E-state index >= 15 is 0 Å². The molecule has 78 valence electrons. The highest BCUT2D eigenvalue weighted by molar-refractivity contribution is 5.88. The fraction of sp³-hybridized carbons (Fsp3) is 0.556. The normalized spacial score (nSPS) is 11.7. The second-order valence-electron chi connectivity index (χ2n) is 4.03. The Balaban J connectivity index is 3.28. The molecule has 1 aromatic rings. The molecule has 1 aromatic heterocycles. The third-order valence-corrected chi connectivity index (χ3v) is 1.86. The van der Waals surface area contributed by atoms with Gasteiger partial charge in [-0.2, -0.15) is 5.10 Å². The molecule has 0 bridgehead atoms. The Kier molecular flexibility index (Phi) is 2.59. The molecule has 14 heavy (non-hydrogen) atoms. The lowest BCUT2D eigenvalue weighted by atomic mass is 10.1. The Morgan fingerprint density at radius 3 is 2.57 bits per heavy atom. The molecule has 0 radical (unpaired) electrons.